The molecule has 3 heteroatoms. The average Bonchev–Trinajstić information content (AvgIpc) is 2.30. The maximum absolute atomic E-state index is 9.75. The van der Waals surface area contributed by atoms with Gasteiger partial charge in [0.25, 0.3) is 0 Å². The van der Waals surface area contributed by atoms with E-state index in [2.05, 4.69) is 19.7 Å². The smallest absolute Gasteiger partial charge is 0.328 e. The zero-order chi connectivity index (χ0) is 13.2. The van der Waals surface area contributed by atoms with Crippen molar-refractivity contribution in [3.63, 3.8) is 0 Å². The van der Waals surface area contributed by atoms with Crippen LogP contribution in [0.2, 0.25) is 0 Å². The lowest BCUT2D eigenvalue weighted by molar-refractivity contribution is -0.131. The second-order valence-electron chi connectivity index (χ2n) is 2.03. The number of hydrogen-bond acceptors (Lipinski definition) is 2. The summed E-state index contributed by atoms with van der Waals surface area (Å²) in [5, 5.41) is 15.5. The van der Waals surface area contributed by atoms with E-state index in [4.69, 9.17) is 10.4 Å². The molecular formula is C13H17NO2. The summed E-state index contributed by atoms with van der Waals surface area (Å²) in [6.07, 6.45) is 10.4. The first-order chi connectivity index (χ1) is 7.60. The van der Waals surface area contributed by atoms with E-state index in [1.165, 1.54) is 12.2 Å². The minimum atomic E-state index is -0.914. The van der Waals surface area contributed by atoms with Crippen LogP contribution in [0.25, 0.3) is 0 Å². The molecule has 0 aromatic rings. The van der Waals surface area contributed by atoms with Gasteiger partial charge in [-0.15, -0.1) is 0 Å². The normalized spacial score (nSPS) is 7.75. The standard InChI is InChI=1S/C6H8O2.C4H6.C3H3N/c1-2-3-4-5-6(7)8;1-3-4-2;1-2-3-4/h2-5H,1H3,(H,7,8);3-4H,1-2H2;2H,1H2. The molecule has 16 heavy (non-hydrogen) atoms. The first-order valence-electron chi connectivity index (χ1n) is 4.36. The number of rotatable bonds is 3. The molecule has 0 aliphatic rings. The van der Waals surface area contributed by atoms with Crippen LogP contribution in [0.1, 0.15) is 6.92 Å². The van der Waals surface area contributed by atoms with E-state index in [1.54, 1.807) is 30.4 Å². The molecule has 0 aromatic carbocycles. The maximum Gasteiger partial charge on any atom is 0.328 e. The van der Waals surface area contributed by atoms with Crippen LogP contribution in [0.5, 0.6) is 0 Å². The van der Waals surface area contributed by atoms with Gasteiger partial charge in [-0.3, -0.25) is 0 Å². The number of nitrogens with zero attached hydrogens (tertiary/aromatic N) is 1. The SMILES string of the molecule is C=CC#N.C=CC=C.CC=CC=CC(=O)O. The Kier molecular flexibility index (Phi) is 27.6. The van der Waals surface area contributed by atoms with Crippen LogP contribution < -0.4 is 0 Å². The van der Waals surface area contributed by atoms with Gasteiger partial charge in [-0.25, -0.2) is 4.79 Å². The van der Waals surface area contributed by atoms with Gasteiger partial charge in [0, 0.05) is 12.2 Å². The Hall–Kier alpha value is -2.34. The molecule has 0 atom stereocenters. The summed E-state index contributed by atoms with van der Waals surface area (Å²) >= 11 is 0. The van der Waals surface area contributed by atoms with E-state index >= 15 is 0 Å². The van der Waals surface area contributed by atoms with E-state index in [0.717, 1.165) is 6.08 Å². The third kappa shape index (κ3) is 61.0. The lowest BCUT2D eigenvalue weighted by atomic mass is 10.4. The Morgan fingerprint density at radius 1 is 1.25 bits per heavy atom. The van der Waals surface area contributed by atoms with Crippen LogP contribution in [-0.4, -0.2) is 11.1 Å². The molecule has 1 N–H and O–H groups in total. The fourth-order valence-corrected chi connectivity index (χ4v) is 0.249. The van der Waals surface area contributed by atoms with Crippen LogP contribution in [0.4, 0.5) is 0 Å². The Balaban J connectivity index is -0.000000179. The number of nitriles is 1. The number of hydrogen-bond donors (Lipinski definition) is 1. The van der Waals surface area contributed by atoms with Gasteiger partial charge >= 0.3 is 5.97 Å². The summed E-state index contributed by atoms with van der Waals surface area (Å²) in [6.45, 7) is 11.7. The highest BCUT2D eigenvalue weighted by atomic mass is 16.4. The van der Waals surface area contributed by atoms with Gasteiger partial charge in [0.05, 0.1) is 6.07 Å². The predicted molar refractivity (Wildman–Crippen MR) is 67.8 cm³/mol. The van der Waals surface area contributed by atoms with Crippen LogP contribution in [0, 0.1) is 11.3 Å². The third-order valence-corrected chi connectivity index (χ3v) is 0.800. The van der Waals surface area contributed by atoms with Crippen molar-refractivity contribution >= 4 is 5.97 Å². The van der Waals surface area contributed by atoms with Gasteiger partial charge in [-0.1, -0.05) is 50.1 Å². The second kappa shape index (κ2) is 23.0. The highest BCUT2D eigenvalue weighted by Gasteiger charge is 1.78. The molecule has 0 unspecified atom stereocenters. The van der Waals surface area contributed by atoms with E-state index < -0.39 is 5.97 Å². The summed E-state index contributed by atoms with van der Waals surface area (Å²) in [7, 11) is 0. The van der Waals surface area contributed by atoms with Crippen LogP contribution in [-0.2, 0) is 4.79 Å². The average molecular weight is 219 g/mol. The number of aliphatic carboxylic acids is 1. The number of carboxylic acids is 1. The fourth-order valence-electron chi connectivity index (χ4n) is 0.249. The molecule has 0 fully saturated rings. The second-order valence-corrected chi connectivity index (χ2v) is 2.03. The van der Waals surface area contributed by atoms with Crippen LogP contribution >= 0.6 is 0 Å². The molecular weight excluding hydrogens is 202 g/mol. The van der Waals surface area contributed by atoms with Crippen molar-refractivity contribution in [2.24, 2.45) is 0 Å². The summed E-state index contributed by atoms with van der Waals surface area (Å²) in [6, 6.07) is 1.69. The van der Waals surface area contributed by atoms with Crippen molar-refractivity contribution in [2.45, 2.75) is 6.92 Å². The van der Waals surface area contributed by atoms with Gasteiger partial charge in [-0.05, 0) is 6.92 Å². The summed E-state index contributed by atoms with van der Waals surface area (Å²) < 4.78 is 0. The highest BCUT2D eigenvalue weighted by Crippen LogP contribution is 1.74. The summed E-state index contributed by atoms with van der Waals surface area (Å²) in [5.41, 5.74) is 0. The van der Waals surface area contributed by atoms with Crippen molar-refractivity contribution in [3.8, 4) is 6.07 Å². The van der Waals surface area contributed by atoms with Crippen LogP contribution in [0.15, 0.2) is 62.3 Å². The Bertz CT molecular complexity index is 288. The molecule has 3 nitrogen and oxygen atoms in total. The molecule has 0 radical (unpaired) electrons. The molecule has 86 valence electrons. The molecule has 0 aliphatic carbocycles. The molecule has 0 rings (SSSR count). The van der Waals surface area contributed by atoms with Crippen LogP contribution in [0.3, 0.4) is 0 Å². The van der Waals surface area contributed by atoms with Crippen molar-refractivity contribution < 1.29 is 9.90 Å². The molecule has 0 saturated heterocycles. The first kappa shape index (κ1) is 19.3. The monoisotopic (exact) mass is 219 g/mol. The first-order valence-corrected chi connectivity index (χ1v) is 4.36. The molecule has 0 heterocycles. The zero-order valence-electron chi connectivity index (χ0n) is 9.47. The van der Waals surface area contributed by atoms with Gasteiger partial charge < -0.3 is 5.11 Å². The molecule has 0 spiro atoms. The predicted octanol–water partition coefficient (Wildman–Crippen LogP) is 3.26. The van der Waals surface area contributed by atoms with E-state index in [0.29, 0.717) is 0 Å². The lowest BCUT2D eigenvalue weighted by Crippen LogP contribution is -1.83. The summed E-state index contributed by atoms with van der Waals surface area (Å²) in [4.78, 5) is 9.75. The van der Waals surface area contributed by atoms with Crippen molar-refractivity contribution in [1.82, 2.24) is 0 Å². The summed E-state index contributed by atoms with van der Waals surface area (Å²) in [5.74, 6) is -0.914. The van der Waals surface area contributed by atoms with Gasteiger partial charge in [0.1, 0.15) is 0 Å². The zero-order valence-corrected chi connectivity index (χ0v) is 9.47. The van der Waals surface area contributed by atoms with Crippen molar-refractivity contribution in [2.75, 3.05) is 0 Å². The number of carbonyl (C=O) groups is 1. The van der Waals surface area contributed by atoms with Gasteiger partial charge in [-0.2, -0.15) is 5.26 Å². The Morgan fingerprint density at radius 3 is 1.88 bits per heavy atom. The van der Waals surface area contributed by atoms with Crippen molar-refractivity contribution in [1.29, 1.82) is 5.26 Å². The highest BCUT2D eigenvalue weighted by molar-refractivity contribution is 5.80. The maximum atomic E-state index is 9.75. The number of carboxylic acid groups (broad SMARTS) is 1. The molecule has 0 bridgehead atoms. The minimum absolute atomic E-state index is 0.914. The van der Waals surface area contributed by atoms with E-state index in [1.807, 2.05) is 6.92 Å². The topological polar surface area (TPSA) is 61.1 Å². The quantitative estimate of drug-likeness (QED) is 0.450. The largest absolute Gasteiger partial charge is 0.478 e. The molecule has 0 amide bonds. The van der Waals surface area contributed by atoms with E-state index in [-0.39, 0.29) is 0 Å². The number of allylic oxidation sites excluding steroid dienone is 6. The minimum Gasteiger partial charge on any atom is -0.478 e. The van der Waals surface area contributed by atoms with E-state index in [9.17, 15) is 4.79 Å². The fraction of sp³-hybridized carbons (Fsp3) is 0.0769. The molecule has 0 aromatic heterocycles. The van der Waals surface area contributed by atoms with Gasteiger partial charge in [0.2, 0.25) is 0 Å². The van der Waals surface area contributed by atoms with Gasteiger partial charge in [0.15, 0.2) is 0 Å². The lowest BCUT2D eigenvalue weighted by Gasteiger charge is -1.72. The third-order valence-electron chi connectivity index (χ3n) is 0.800. The molecule has 0 saturated carbocycles. The van der Waals surface area contributed by atoms with Crippen molar-refractivity contribution in [3.05, 3.63) is 62.3 Å². The molecule has 0 aliphatic heterocycles. The Morgan fingerprint density at radius 2 is 1.69 bits per heavy atom. The Labute approximate surface area is 97.0 Å².